The summed E-state index contributed by atoms with van der Waals surface area (Å²) in [4.78, 5) is 30.2. The van der Waals surface area contributed by atoms with Crippen molar-refractivity contribution in [2.45, 2.75) is 12.8 Å². The number of halogens is 2. The zero-order valence-electron chi connectivity index (χ0n) is 15.5. The molecule has 1 aliphatic heterocycles. The molecular formula is C20H19F2N5O2. The highest BCUT2D eigenvalue weighted by Gasteiger charge is 2.23. The lowest BCUT2D eigenvalue weighted by atomic mass is 9.96. The monoisotopic (exact) mass is 399 g/mol. The van der Waals surface area contributed by atoms with Crippen LogP contribution in [0.1, 0.15) is 18.4 Å². The Balaban J connectivity index is 1.46. The van der Waals surface area contributed by atoms with Crippen molar-refractivity contribution < 1.29 is 18.4 Å². The largest absolute Gasteiger partial charge is 0.356 e. The van der Waals surface area contributed by atoms with Crippen LogP contribution >= 0.6 is 0 Å². The van der Waals surface area contributed by atoms with Gasteiger partial charge in [-0.2, -0.15) is 5.26 Å². The summed E-state index contributed by atoms with van der Waals surface area (Å²) in [7, 11) is 0. The molecule has 2 amide bonds. The Morgan fingerprint density at radius 2 is 1.93 bits per heavy atom. The van der Waals surface area contributed by atoms with E-state index in [4.69, 9.17) is 0 Å². The summed E-state index contributed by atoms with van der Waals surface area (Å²) < 4.78 is 26.1. The van der Waals surface area contributed by atoms with Crippen molar-refractivity contribution in [3.05, 3.63) is 53.7 Å². The Bertz CT molecular complexity index is 952. The average Bonchev–Trinajstić information content (AvgIpc) is 2.75. The van der Waals surface area contributed by atoms with E-state index in [1.165, 1.54) is 6.07 Å². The van der Waals surface area contributed by atoms with Crippen molar-refractivity contribution in [3.8, 4) is 6.07 Å². The van der Waals surface area contributed by atoms with E-state index in [0.717, 1.165) is 25.0 Å². The van der Waals surface area contributed by atoms with Gasteiger partial charge in [0.1, 0.15) is 11.9 Å². The molecule has 7 nitrogen and oxygen atoms in total. The number of nitriles is 1. The van der Waals surface area contributed by atoms with Gasteiger partial charge in [-0.05, 0) is 43.0 Å². The number of hydrogen-bond donors (Lipinski definition) is 2. The third-order valence-corrected chi connectivity index (χ3v) is 4.76. The maximum Gasteiger partial charge on any atom is 0.313 e. The molecule has 0 spiro atoms. The van der Waals surface area contributed by atoms with E-state index < -0.39 is 23.4 Å². The molecule has 150 valence electrons. The lowest BCUT2D eigenvalue weighted by molar-refractivity contribution is -0.136. The van der Waals surface area contributed by atoms with Gasteiger partial charge in [0.15, 0.2) is 11.6 Å². The van der Waals surface area contributed by atoms with Crippen LogP contribution in [0.3, 0.4) is 0 Å². The smallest absolute Gasteiger partial charge is 0.313 e. The van der Waals surface area contributed by atoms with Crippen molar-refractivity contribution in [2.24, 2.45) is 5.92 Å². The number of carbonyl (C=O) groups is 2. The van der Waals surface area contributed by atoms with E-state index in [9.17, 15) is 23.6 Å². The van der Waals surface area contributed by atoms with Crippen LogP contribution in [-0.4, -0.2) is 36.4 Å². The van der Waals surface area contributed by atoms with Crippen LogP contribution in [0.25, 0.3) is 0 Å². The Kier molecular flexibility index (Phi) is 6.34. The van der Waals surface area contributed by atoms with Gasteiger partial charge >= 0.3 is 11.8 Å². The van der Waals surface area contributed by atoms with Gasteiger partial charge in [-0.1, -0.05) is 0 Å². The number of anilines is 2. The first-order valence-corrected chi connectivity index (χ1v) is 9.12. The van der Waals surface area contributed by atoms with Crippen molar-refractivity contribution in [1.82, 2.24) is 10.3 Å². The Labute approximate surface area is 166 Å². The second-order valence-corrected chi connectivity index (χ2v) is 6.71. The predicted octanol–water partition coefficient (Wildman–Crippen LogP) is 2.20. The van der Waals surface area contributed by atoms with Crippen molar-refractivity contribution in [1.29, 1.82) is 5.26 Å². The number of rotatable bonds is 4. The van der Waals surface area contributed by atoms with Crippen LogP contribution in [-0.2, 0) is 9.59 Å². The summed E-state index contributed by atoms with van der Waals surface area (Å²) in [5.74, 6) is -3.09. The number of hydrogen-bond acceptors (Lipinski definition) is 5. The van der Waals surface area contributed by atoms with E-state index in [1.807, 2.05) is 4.90 Å². The number of nitrogens with one attached hydrogen (secondary N) is 2. The highest BCUT2D eigenvalue weighted by atomic mass is 19.2. The normalized spacial score (nSPS) is 14.2. The zero-order chi connectivity index (χ0) is 20.8. The average molecular weight is 399 g/mol. The minimum Gasteiger partial charge on any atom is -0.356 e. The molecule has 0 unspecified atom stereocenters. The molecule has 29 heavy (non-hydrogen) atoms. The maximum absolute atomic E-state index is 13.2. The van der Waals surface area contributed by atoms with Gasteiger partial charge in [0.25, 0.3) is 0 Å². The van der Waals surface area contributed by atoms with E-state index in [-0.39, 0.29) is 11.6 Å². The summed E-state index contributed by atoms with van der Waals surface area (Å²) in [6, 6.07) is 8.43. The van der Waals surface area contributed by atoms with Crippen molar-refractivity contribution in [3.63, 3.8) is 0 Å². The number of carbonyl (C=O) groups excluding carboxylic acids is 2. The molecule has 0 radical (unpaired) electrons. The maximum atomic E-state index is 13.2. The number of pyridine rings is 1. The van der Waals surface area contributed by atoms with Crippen molar-refractivity contribution >= 4 is 23.3 Å². The Morgan fingerprint density at radius 3 is 2.62 bits per heavy atom. The molecule has 0 atom stereocenters. The Morgan fingerprint density at radius 1 is 1.17 bits per heavy atom. The van der Waals surface area contributed by atoms with E-state index in [2.05, 4.69) is 21.7 Å². The van der Waals surface area contributed by atoms with Crippen LogP contribution in [0.5, 0.6) is 0 Å². The lowest BCUT2D eigenvalue weighted by Gasteiger charge is -2.33. The van der Waals surface area contributed by atoms with Gasteiger partial charge in [-0.25, -0.2) is 13.8 Å². The molecule has 0 saturated carbocycles. The molecular weight excluding hydrogens is 380 g/mol. The van der Waals surface area contributed by atoms with Crippen molar-refractivity contribution in [2.75, 3.05) is 29.9 Å². The summed E-state index contributed by atoms with van der Waals surface area (Å²) in [5, 5.41) is 14.0. The highest BCUT2D eigenvalue weighted by molar-refractivity contribution is 6.39. The molecule has 2 N–H and O–H groups in total. The van der Waals surface area contributed by atoms with E-state index in [1.54, 1.807) is 18.3 Å². The molecule has 0 bridgehead atoms. The fourth-order valence-electron chi connectivity index (χ4n) is 3.16. The first-order valence-electron chi connectivity index (χ1n) is 9.12. The van der Waals surface area contributed by atoms with Gasteiger partial charge in [-0.3, -0.25) is 9.59 Å². The predicted molar refractivity (Wildman–Crippen MR) is 102 cm³/mol. The lowest BCUT2D eigenvalue weighted by Crippen LogP contribution is -2.42. The SMILES string of the molecule is N#Cc1cccnc1N1CCC(CNC(=O)C(=O)Nc2ccc(F)c(F)c2)CC1. The second kappa shape index (κ2) is 9.10. The molecule has 9 heteroatoms. The standard InChI is InChI=1S/C20H19F2N5O2/c21-16-4-3-15(10-17(16)22)26-20(29)19(28)25-12-13-5-8-27(9-6-13)18-14(11-23)2-1-7-24-18/h1-4,7,10,13H,5-6,8-9,12H2,(H,25,28)(H,26,29). The number of amides is 2. The molecule has 2 heterocycles. The summed E-state index contributed by atoms with van der Waals surface area (Å²) in [6.07, 6.45) is 3.19. The van der Waals surface area contributed by atoms with Gasteiger partial charge in [0, 0.05) is 37.6 Å². The topological polar surface area (TPSA) is 98.1 Å². The summed E-state index contributed by atoms with van der Waals surface area (Å²) in [5.41, 5.74) is 0.522. The molecule has 1 saturated heterocycles. The molecule has 1 aromatic heterocycles. The molecule has 0 aliphatic carbocycles. The fraction of sp³-hybridized carbons (Fsp3) is 0.300. The molecule has 2 aromatic rings. The minimum absolute atomic E-state index is 0.000941. The Hall–Kier alpha value is -3.54. The van der Waals surface area contributed by atoms with Crippen LogP contribution in [0.2, 0.25) is 0 Å². The molecule has 1 aromatic carbocycles. The minimum atomic E-state index is -1.11. The van der Waals surface area contributed by atoms with E-state index in [0.29, 0.717) is 31.0 Å². The first kappa shape index (κ1) is 20.2. The number of benzene rings is 1. The second-order valence-electron chi connectivity index (χ2n) is 6.71. The van der Waals surface area contributed by atoms with Crippen LogP contribution in [0, 0.1) is 28.9 Å². The summed E-state index contributed by atoms with van der Waals surface area (Å²) in [6.45, 7) is 1.70. The fourth-order valence-corrected chi connectivity index (χ4v) is 3.16. The zero-order valence-corrected chi connectivity index (χ0v) is 15.5. The van der Waals surface area contributed by atoms with E-state index >= 15 is 0 Å². The van der Waals surface area contributed by atoms with Crippen LogP contribution in [0.4, 0.5) is 20.3 Å². The van der Waals surface area contributed by atoms with Crippen LogP contribution in [0.15, 0.2) is 36.5 Å². The van der Waals surface area contributed by atoms with Crippen LogP contribution < -0.4 is 15.5 Å². The summed E-state index contributed by atoms with van der Waals surface area (Å²) >= 11 is 0. The first-order chi connectivity index (χ1) is 14.0. The van der Waals surface area contributed by atoms with Gasteiger partial charge in [-0.15, -0.1) is 0 Å². The van der Waals surface area contributed by atoms with Gasteiger partial charge in [0.2, 0.25) is 0 Å². The number of nitrogens with zero attached hydrogens (tertiary/aromatic N) is 3. The molecule has 1 fully saturated rings. The number of piperidine rings is 1. The highest BCUT2D eigenvalue weighted by Crippen LogP contribution is 2.23. The van der Waals surface area contributed by atoms with Gasteiger partial charge in [0.05, 0.1) is 5.56 Å². The molecule has 3 rings (SSSR count). The van der Waals surface area contributed by atoms with Gasteiger partial charge < -0.3 is 15.5 Å². The third-order valence-electron chi connectivity index (χ3n) is 4.76. The number of aromatic nitrogens is 1. The molecule has 1 aliphatic rings. The third kappa shape index (κ3) is 5.04. The quantitative estimate of drug-likeness (QED) is 0.768.